The van der Waals surface area contributed by atoms with E-state index >= 15 is 0 Å². The van der Waals surface area contributed by atoms with Crippen molar-refractivity contribution in [3.05, 3.63) is 12.2 Å². The third-order valence-corrected chi connectivity index (χ3v) is 7.24. The van der Waals surface area contributed by atoms with E-state index in [1.165, 1.54) is 12.0 Å². The van der Waals surface area contributed by atoms with Crippen LogP contribution in [-0.2, 0) is 14.3 Å². The largest absolute Gasteiger partial charge is 0.368 e. The molecule has 3 saturated heterocycles. The van der Waals surface area contributed by atoms with Crippen LogP contribution in [0.5, 0.6) is 0 Å². The van der Waals surface area contributed by atoms with Crippen molar-refractivity contribution in [1.82, 2.24) is 0 Å². The Kier molecular flexibility index (Phi) is 3.55. The zero-order chi connectivity index (χ0) is 16.5. The average molecular weight is 318 g/mol. The van der Waals surface area contributed by atoms with Crippen LogP contribution < -0.4 is 0 Å². The molecule has 4 rings (SSSR count). The molecule has 0 amide bonds. The highest BCUT2D eigenvalue weighted by Crippen LogP contribution is 2.58. The van der Waals surface area contributed by atoms with Gasteiger partial charge in [0.05, 0.1) is 23.9 Å². The van der Waals surface area contributed by atoms with E-state index in [1.807, 2.05) is 6.92 Å². The van der Waals surface area contributed by atoms with Gasteiger partial charge < -0.3 is 9.47 Å². The summed E-state index contributed by atoms with van der Waals surface area (Å²) in [5, 5.41) is 0. The third kappa shape index (κ3) is 2.12. The van der Waals surface area contributed by atoms with Crippen LogP contribution in [-0.4, -0.2) is 29.7 Å². The van der Waals surface area contributed by atoms with Crippen LogP contribution in [0, 0.1) is 29.6 Å². The van der Waals surface area contributed by atoms with E-state index in [0.29, 0.717) is 35.9 Å². The molecule has 0 N–H and O–H groups in total. The van der Waals surface area contributed by atoms with Crippen LogP contribution >= 0.6 is 0 Å². The number of carbonyl (C=O) groups excluding carboxylic acids is 1. The number of fused-ring (bicyclic) bond motifs is 9. The summed E-state index contributed by atoms with van der Waals surface area (Å²) in [4.78, 5) is 12.4. The van der Waals surface area contributed by atoms with E-state index < -0.39 is 0 Å². The van der Waals surface area contributed by atoms with Gasteiger partial charge in [-0.05, 0) is 38.0 Å². The van der Waals surface area contributed by atoms with Gasteiger partial charge in [-0.3, -0.25) is 4.79 Å². The topological polar surface area (TPSA) is 35.5 Å². The van der Waals surface area contributed by atoms with Gasteiger partial charge in [-0.1, -0.05) is 32.9 Å². The lowest BCUT2D eigenvalue weighted by Gasteiger charge is -2.45. The van der Waals surface area contributed by atoms with Crippen molar-refractivity contribution in [2.75, 3.05) is 0 Å². The summed E-state index contributed by atoms with van der Waals surface area (Å²) >= 11 is 0. The minimum atomic E-state index is -0.314. The first-order chi connectivity index (χ1) is 10.8. The maximum absolute atomic E-state index is 12.4. The van der Waals surface area contributed by atoms with Crippen LogP contribution in [0.25, 0.3) is 0 Å². The van der Waals surface area contributed by atoms with Crippen molar-refractivity contribution in [3.63, 3.8) is 0 Å². The molecule has 0 aromatic heterocycles. The molecule has 1 saturated carbocycles. The fraction of sp³-hybridized carbons (Fsp3) is 0.850. The molecule has 0 aromatic rings. The van der Waals surface area contributed by atoms with Gasteiger partial charge in [0.1, 0.15) is 5.78 Å². The summed E-state index contributed by atoms with van der Waals surface area (Å²) in [5.41, 5.74) is 1.02. The number of hydrogen-bond donors (Lipinski definition) is 0. The zero-order valence-corrected chi connectivity index (χ0v) is 14.9. The van der Waals surface area contributed by atoms with Crippen molar-refractivity contribution in [2.45, 2.75) is 77.3 Å². The van der Waals surface area contributed by atoms with Crippen molar-refractivity contribution in [2.24, 2.45) is 29.6 Å². The Labute approximate surface area is 139 Å². The highest BCUT2D eigenvalue weighted by atomic mass is 16.6. The number of Topliss-reactive ketones (excluding diaryl/α,β-unsaturated/α-hetero) is 1. The Bertz CT molecular complexity index is 539. The molecule has 4 bridgehead atoms. The third-order valence-electron chi connectivity index (χ3n) is 7.24. The quantitative estimate of drug-likeness (QED) is 0.691. The van der Waals surface area contributed by atoms with E-state index in [-0.39, 0.29) is 29.8 Å². The summed E-state index contributed by atoms with van der Waals surface area (Å²) in [7, 11) is 0. The van der Waals surface area contributed by atoms with Crippen molar-refractivity contribution in [3.8, 4) is 0 Å². The van der Waals surface area contributed by atoms with Gasteiger partial charge in [-0.2, -0.15) is 0 Å². The first-order valence-corrected chi connectivity index (χ1v) is 9.37. The fourth-order valence-electron chi connectivity index (χ4n) is 5.88. The Morgan fingerprint density at radius 2 is 2.00 bits per heavy atom. The normalized spacial score (nSPS) is 52.5. The molecule has 4 aliphatic rings. The second-order valence-electron chi connectivity index (χ2n) is 8.88. The molecular formula is C20H30O3. The highest BCUT2D eigenvalue weighted by molar-refractivity contribution is 5.81. The molecule has 1 unspecified atom stereocenters. The minimum absolute atomic E-state index is 0.0316. The van der Waals surface area contributed by atoms with Crippen LogP contribution in [0.2, 0.25) is 0 Å². The number of ketones is 1. The molecule has 8 atom stereocenters. The first kappa shape index (κ1) is 15.8. The predicted octanol–water partition coefficient (Wildman–Crippen LogP) is 3.76. The number of rotatable bonds is 1. The second kappa shape index (κ2) is 5.16. The van der Waals surface area contributed by atoms with Gasteiger partial charge in [0, 0.05) is 24.2 Å². The van der Waals surface area contributed by atoms with Gasteiger partial charge in [-0.15, -0.1) is 0 Å². The molecular weight excluding hydrogens is 288 g/mol. The van der Waals surface area contributed by atoms with Gasteiger partial charge in [0.25, 0.3) is 0 Å². The van der Waals surface area contributed by atoms with Gasteiger partial charge >= 0.3 is 0 Å². The van der Waals surface area contributed by atoms with E-state index in [9.17, 15) is 4.79 Å². The summed E-state index contributed by atoms with van der Waals surface area (Å²) in [6.07, 6.45) is 3.81. The Balaban J connectivity index is 1.79. The van der Waals surface area contributed by atoms with Crippen molar-refractivity contribution >= 4 is 5.78 Å². The lowest BCUT2D eigenvalue weighted by Crippen LogP contribution is -2.54. The standard InChI is InChI=1S/C20H30O3/c1-10(2)13-7-6-11(3)15-16(13)19-20(5)9-8-14(21)12(4)17(23-20)18(15)22-19/h10,12-13,15-19H,3,6-9H2,1-2,4-5H3/t12?,13-,15+,16-,17-,18+,19-,20-/m1/s1. The van der Waals surface area contributed by atoms with Crippen LogP contribution in [0.15, 0.2) is 12.2 Å². The number of carbonyl (C=O) groups is 1. The summed E-state index contributed by atoms with van der Waals surface area (Å²) < 4.78 is 13.2. The smallest absolute Gasteiger partial charge is 0.138 e. The average Bonchev–Trinajstić information content (AvgIpc) is 2.83. The van der Waals surface area contributed by atoms with E-state index in [1.54, 1.807) is 0 Å². The maximum Gasteiger partial charge on any atom is 0.138 e. The van der Waals surface area contributed by atoms with Crippen LogP contribution in [0.3, 0.4) is 0 Å². The zero-order valence-electron chi connectivity index (χ0n) is 14.9. The number of hydrogen-bond acceptors (Lipinski definition) is 3. The van der Waals surface area contributed by atoms with Crippen molar-refractivity contribution in [1.29, 1.82) is 0 Å². The van der Waals surface area contributed by atoms with Gasteiger partial charge in [0.15, 0.2) is 0 Å². The Morgan fingerprint density at radius 1 is 1.26 bits per heavy atom. The lowest BCUT2D eigenvalue weighted by molar-refractivity contribution is -0.250. The molecule has 3 heterocycles. The Hall–Kier alpha value is -0.670. The number of ether oxygens (including phenoxy) is 2. The second-order valence-corrected chi connectivity index (χ2v) is 8.88. The maximum atomic E-state index is 12.4. The highest BCUT2D eigenvalue weighted by Gasteiger charge is 2.65. The monoisotopic (exact) mass is 318 g/mol. The molecule has 3 heteroatoms. The molecule has 128 valence electrons. The van der Waals surface area contributed by atoms with E-state index in [4.69, 9.17) is 9.47 Å². The molecule has 1 aliphatic carbocycles. The Morgan fingerprint density at radius 3 is 2.70 bits per heavy atom. The molecule has 3 aliphatic heterocycles. The van der Waals surface area contributed by atoms with E-state index in [2.05, 4.69) is 27.4 Å². The minimum Gasteiger partial charge on any atom is -0.368 e. The molecule has 3 nitrogen and oxygen atoms in total. The molecule has 0 radical (unpaired) electrons. The van der Waals surface area contributed by atoms with Gasteiger partial charge in [-0.25, -0.2) is 0 Å². The van der Waals surface area contributed by atoms with Gasteiger partial charge in [0.2, 0.25) is 0 Å². The molecule has 23 heavy (non-hydrogen) atoms. The first-order valence-electron chi connectivity index (χ1n) is 9.37. The molecule has 0 aromatic carbocycles. The fourth-order valence-corrected chi connectivity index (χ4v) is 5.88. The lowest BCUT2D eigenvalue weighted by atomic mass is 9.61. The van der Waals surface area contributed by atoms with Crippen LogP contribution in [0.4, 0.5) is 0 Å². The summed E-state index contributed by atoms with van der Waals surface area (Å²) in [6, 6.07) is 0. The molecule has 0 spiro atoms. The summed E-state index contributed by atoms with van der Waals surface area (Å²) in [6.45, 7) is 13.3. The molecule has 4 fully saturated rings. The SMILES string of the molecule is C=C1CC[C@H](C(C)C)[C@@H]2[C@H]1[C@@H]1O[C@H]2[C@@]2(C)CCC(=O)C(C)[C@H]1O2. The van der Waals surface area contributed by atoms with Crippen molar-refractivity contribution < 1.29 is 14.3 Å². The van der Waals surface area contributed by atoms with E-state index in [0.717, 1.165) is 12.8 Å². The van der Waals surface area contributed by atoms with Crippen LogP contribution in [0.1, 0.15) is 53.4 Å². The summed E-state index contributed by atoms with van der Waals surface area (Å²) in [5.74, 6) is 2.50. The predicted molar refractivity (Wildman–Crippen MR) is 89.0 cm³/mol.